The van der Waals surface area contributed by atoms with Crippen LogP contribution in [0.1, 0.15) is 45.9 Å². The second-order valence-electron chi connectivity index (χ2n) is 11.3. The van der Waals surface area contributed by atoms with Gasteiger partial charge in [0.1, 0.15) is 53.1 Å². The molecule has 0 unspecified atom stereocenters. The molecule has 1 fully saturated rings. The fourth-order valence-corrected chi connectivity index (χ4v) is 5.29. The van der Waals surface area contributed by atoms with E-state index in [9.17, 15) is 31.5 Å². The highest BCUT2D eigenvalue weighted by atomic mass is 19.4. The molecule has 0 bridgehead atoms. The molecule has 3 N–H and O–H groups in total. The van der Waals surface area contributed by atoms with Crippen molar-refractivity contribution in [3.8, 4) is 22.8 Å². The molecule has 45 heavy (non-hydrogen) atoms. The number of benzene rings is 2. The molecule has 234 valence electrons. The summed E-state index contributed by atoms with van der Waals surface area (Å²) in [6.45, 7) is -1.02. The van der Waals surface area contributed by atoms with E-state index in [4.69, 9.17) is 15.2 Å². The Morgan fingerprint density at radius 1 is 1.16 bits per heavy atom. The molecule has 0 radical (unpaired) electrons. The Bertz CT molecular complexity index is 1810. The van der Waals surface area contributed by atoms with Crippen LogP contribution in [-0.2, 0) is 10.2 Å². The van der Waals surface area contributed by atoms with Gasteiger partial charge in [0.05, 0.1) is 11.8 Å². The number of nitrogens with two attached hydrogens (primary N) is 1. The molecule has 0 saturated heterocycles. The number of aromatic nitrogens is 2. The number of hydrogen-bond donors (Lipinski definition) is 2. The third-order valence-corrected chi connectivity index (χ3v) is 7.97. The van der Waals surface area contributed by atoms with E-state index in [1.807, 2.05) is 6.92 Å². The molecule has 0 spiro atoms. The van der Waals surface area contributed by atoms with Crippen molar-refractivity contribution in [2.75, 3.05) is 19.8 Å². The zero-order chi connectivity index (χ0) is 32.1. The lowest BCUT2D eigenvalue weighted by Crippen LogP contribution is -2.44. The van der Waals surface area contributed by atoms with Gasteiger partial charge in [0, 0.05) is 34.8 Å². The van der Waals surface area contributed by atoms with Gasteiger partial charge in [0.15, 0.2) is 0 Å². The first kappa shape index (κ1) is 30.2. The van der Waals surface area contributed by atoms with Crippen LogP contribution >= 0.6 is 0 Å². The van der Waals surface area contributed by atoms with Crippen LogP contribution in [0.15, 0.2) is 54.7 Å². The second kappa shape index (κ2) is 11.3. The van der Waals surface area contributed by atoms with Crippen molar-refractivity contribution in [2.24, 2.45) is 5.73 Å². The summed E-state index contributed by atoms with van der Waals surface area (Å²) in [4.78, 5) is 34.3. The summed E-state index contributed by atoms with van der Waals surface area (Å²) in [5.74, 6) is -4.70. The van der Waals surface area contributed by atoms with E-state index in [1.165, 1.54) is 24.3 Å². The van der Waals surface area contributed by atoms with E-state index in [2.05, 4.69) is 15.3 Å². The van der Waals surface area contributed by atoms with Crippen LogP contribution in [0, 0.1) is 12.7 Å². The number of carbonyl (C=O) groups is 2. The van der Waals surface area contributed by atoms with E-state index in [-0.39, 0.29) is 34.2 Å². The highest BCUT2D eigenvalue weighted by molar-refractivity contribution is 6.00. The normalized spacial score (nSPS) is 18.3. The summed E-state index contributed by atoms with van der Waals surface area (Å²) in [5, 5.41) is 2.94. The van der Waals surface area contributed by atoms with Gasteiger partial charge in [-0.25, -0.2) is 13.8 Å². The smallest absolute Gasteiger partial charge is 0.398 e. The zero-order valence-electron chi connectivity index (χ0n) is 23.9. The molecule has 6 rings (SSSR count). The Kier molecular flexibility index (Phi) is 7.58. The first-order valence-corrected chi connectivity index (χ1v) is 14.1. The molecule has 3 heterocycles. The minimum absolute atomic E-state index is 0.0220. The van der Waals surface area contributed by atoms with Gasteiger partial charge in [-0.3, -0.25) is 14.6 Å². The fourth-order valence-electron chi connectivity index (χ4n) is 5.29. The number of amides is 2. The summed E-state index contributed by atoms with van der Waals surface area (Å²) in [7, 11) is 0. The van der Waals surface area contributed by atoms with Crippen LogP contribution < -0.4 is 20.5 Å². The molecule has 13 heteroatoms. The molecule has 8 nitrogen and oxygen atoms in total. The number of nitrogens with one attached hydrogen (secondary N) is 1. The minimum Gasteiger partial charge on any atom is -0.489 e. The number of ether oxygens (including phenoxy) is 2. The number of rotatable bonds is 9. The van der Waals surface area contributed by atoms with Crippen molar-refractivity contribution in [2.45, 2.75) is 43.4 Å². The van der Waals surface area contributed by atoms with Crippen molar-refractivity contribution < 1.29 is 41.0 Å². The molecule has 4 aromatic rings. The van der Waals surface area contributed by atoms with E-state index in [1.54, 1.807) is 12.3 Å². The maximum atomic E-state index is 14.6. The van der Waals surface area contributed by atoms with Crippen molar-refractivity contribution in [1.82, 2.24) is 15.3 Å². The monoisotopic (exact) mass is 626 g/mol. The number of nitrogens with zero attached hydrogens (tertiary/aromatic N) is 2. The van der Waals surface area contributed by atoms with Crippen molar-refractivity contribution in [3.05, 3.63) is 82.9 Å². The molecular weight excluding hydrogens is 599 g/mol. The number of halogens is 5. The van der Waals surface area contributed by atoms with Crippen LogP contribution in [0.5, 0.6) is 11.5 Å². The van der Waals surface area contributed by atoms with Gasteiger partial charge in [-0.1, -0.05) is 0 Å². The first-order valence-electron chi connectivity index (χ1n) is 14.1. The largest absolute Gasteiger partial charge is 0.489 e. The number of alkyl halides is 4. The van der Waals surface area contributed by atoms with Crippen LogP contribution in [0.3, 0.4) is 0 Å². The Hall–Kier alpha value is -4.81. The summed E-state index contributed by atoms with van der Waals surface area (Å²) >= 11 is 0. The number of hydrogen-bond acceptors (Lipinski definition) is 6. The number of fused-ring (bicyclic) bond motifs is 2. The third kappa shape index (κ3) is 5.74. The molecule has 2 amide bonds. The Balaban J connectivity index is 1.38. The second-order valence-corrected chi connectivity index (χ2v) is 11.3. The van der Waals surface area contributed by atoms with Crippen molar-refractivity contribution in [1.29, 1.82) is 0 Å². The predicted molar refractivity (Wildman–Crippen MR) is 153 cm³/mol. The molecule has 2 aromatic carbocycles. The van der Waals surface area contributed by atoms with Gasteiger partial charge in [-0.2, -0.15) is 13.2 Å². The molecular formula is C32H27F5N4O4. The first-order chi connectivity index (χ1) is 21.4. The lowest BCUT2D eigenvalue weighted by Gasteiger charge is -2.24. The van der Waals surface area contributed by atoms with E-state index in [0.29, 0.717) is 16.7 Å². The topological polar surface area (TPSA) is 116 Å². The summed E-state index contributed by atoms with van der Waals surface area (Å²) in [6, 6.07) is 10.4. The van der Waals surface area contributed by atoms with Crippen LogP contribution in [0.2, 0.25) is 0 Å². The van der Waals surface area contributed by atoms with Crippen LogP contribution in [-0.4, -0.2) is 53.9 Å². The Morgan fingerprint density at radius 3 is 2.53 bits per heavy atom. The van der Waals surface area contributed by atoms with Gasteiger partial charge >= 0.3 is 6.18 Å². The number of pyridine rings is 2. The van der Waals surface area contributed by atoms with E-state index < -0.39 is 60.7 Å². The maximum absolute atomic E-state index is 14.6. The maximum Gasteiger partial charge on any atom is 0.398 e. The van der Waals surface area contributed by atoms with Crippen molar-refractivity contribution >= 4 is 22.7 Å². The fraction of sp³-hybridized carbons (Fsp3) is 0.312. The molecule has 1 aliphatic carbocycles. The van der Waals surface area contributed by atoms with Crippen molar-refractivity contribution in [3.63, 3.8) is 0 Å². The minimum atomic E-state index is -4.94. The lowest BCUT2D eigenvalue weighted by molar-refractivity contribution is -0.149. The number of aryl methyl sites for hydroxylation is 1. The molecule has 2 atom stereocenters. The van der Waals surface area contributed by atoms with Gasteiger partial charge < -0.3 is 20.5 Å². The van der Waals surface area contributed by atoms with Gasteiger partial charge in [0.2, 0.25) is 5.91 Å². The molecule has 1 aliphatic heterocycles. The van der Waals surface area contributed by atoms with E-state index in [0.717, 1.165) is 36.6 Å². The Labute approximate surface area is 253 Å². The summed E-state index contributed by atoms with van der Waals surface area (Å²) in [5.41, 5.74) is 4.07. The number of primary amides is 1. The van der Waals surface area contributed by atoms with E-state index >= 15 is 0 Å². The average Bonchev–Trinajstić information content (AvgIpc) is 3.73. The summed E-state index contributed by atoms with van der Waals surface area (Å²) < 4.78 is 83.5. The van der Waals surface area contributed by atoms with Gasteiger partial charge in [-0.15, -0.1) is 0 Å². The predicted octanol–water partition coefficient (Wildman–Crippen LogP) is 5.45. The van der Waals surface area contributed by atoms with Gasteiger partial charge in [-0.05, 0) is 73.9 Å². The number of carbonyl (C=O) groups excluding carboxylic acids is 2. The standard InChI is InChI=1S/C32H27F5N4O4/c1-16-8-18-9-19(10-25(26(18)39-12-16)45-21-6-7-21)29(42)40-13-23(32(35,36)37)24-11-22-28(44-15-31(22,14-33)30(38)43)27(41-24)17-2-4-20(34)5-3-17/h2-5,8-12,21,23H,6-7,13-15H2,1H3,(H2,38,43)(H,40,42)/t23-,31+/m1/s1. The summed E-state index contributed by atoms with van der Waals surface area (Å²) in [6.07, 6.45) is -1.62. The van der Waals surface area contributed by atoms with Crippen LogP contribution in [0.4, 0.5) is 22.0 Å². The molecule has 2 aliphatic rings. The SMILES string of the molecule is Cc1cnc2c(OC3CC3)cc(C(=O)NC[C@H](c3cc4c(c(-c5ccc(F)cc5)n3)OC[C@]4(CF)C(N)=O)C(F)(F)F)cc2c1. The Morgan fingerprint density at radius 2 is 1.89 bits per heavy atom. The zero-order valence-corrected chi connectivity index (χ0v) is 23.9. The molecule has 1 saturated carbocycles. The third-order valence-electron chi connectivity index (χ3n) is 7.97. The molecule has 2 aromatic heterocycles. The average molecular weight is 627 g/mol. The highest BCUT2D eigenvalue weighted by Gasteiger charge is 2.50. The van der Waals surface area contributed by atoms with Crippen LogP contribution in [0.25, 0.3) is 22.2 Å². The lowest BCUT2D eigenvalue weighted by atomic mass is 9.81. The highest BCUT2D eigenvalue weighted by Crippen LogP contribution is 2.47. The van der Waals surface area contributed by atoms with Gasteiger partial charge in [0.25, 0.3) is 5.91 Å². The quantitative estimate of drug-likeness (QED) is 0.239.